The third-order valence-electron chi connectivity index (χ3n) is 12.6. The number of fused-ring (bicyclic) bond motifs is 1. The summed E-state index contributed by atoms with van der Waals surface area (Å²) in [6, 6.07) is 12.1. The van der Waals surface area contributed by atoms with Gasteiger partial charge in [-0.25, -0.2) is 14.4 Å². The van der Waals surface area contributed by atoms with Gasteiger partial charge in [0, 0.05) is 49.0 Å². The van der Waals surface area contributed by atoms with Crippen molar-refractivity contribution in [2.24, 2.45) is 29.6 Å². The van der Waals surface area contributed by atoms with Gasteiger partial charge in [-0.3, -0.25) is 15.0 Å². The Morgan fingerprint density at radius 3 is 1.74 bits per heavy atom. The zero-order valence-electron chi connectivity index (χ0n) is 37.7. The number of carbonyl (C=O) groups is 3. The molecular formula is C51H67N3O7. The molecule has 0 amide bonds. The van der Waals surface area contributed by atoms with Crippen LogP contribution in [0.2, 0.25) is 0 Å². The lowest BCUT2D eigenvalue weighted by Crippen LogP contribution is -2.54. The van der Waals surface area contributed by atoms with Gasteiger partial charge in [-0.05, 0) is 123 Å². The van der Waals surface area contributed by atoms with E-state index in [1.165, 1.54) is 57.1 Å². The van der Waals surface area contributed by atoms with Crippen LogP contribution in [0, 0.1) is 50.4 Å². The van der Waals surface area contributed by atoms with E-state index in [1.807, 2.05) is 0 Å². The van der Waals surface area contributed by atoms with Crippen molar-refractivity contribution in [1.82, 2.24) is 15.0 Å². The SMILES string of the molecule is Cc1cc(C)c2c(c1C)OC(C)(CCCC(C)CCCC(C)CCCC(C)C)C(C(COC(=O)c1cccnc1)C(COC(=O)c1cccnc1)OC(=O)c1cccnc1)C2. The maximum absolute atomic E-state index is 13.9. The van der Waals surface area contributed by atoms with Gasteiger partial charge in [0.2, 0.25) is 0 Å². The first-order valence-corrected chi connectivity index (χ1v) is 22.3. The summed E-state index contributed by atoms with van der Waals surface area (Å²) in [6.07, 6.45) is 18.8. The highest BCUT2D eigenvalue weighted by Crippen LogP contribution is 2.48. The second-order valence-electron chi connectivity index (χ2n) is 18.1. The second kappa shape index (κ2) is 22.6. The number of hydrogen-bond donors (Lipinski definition) is 0. The standard InChI is InChI=1S/C51H67N3O7/c1-34(2)15-9-16-35(3)17-10-18-36(4)19-11-23-51(8)45(28-43-38(6)27-37(5)39(7)47(43)61-51)44(32-58-48(55)40-20-12-24-52-29-40)46(60-50(57)42-22-14-26-54-31-42)33-59-49(56)41-21-13-25-53-30-41/h12-14,20-22,24-27,29-31,34-36,44-46H,9-11,15-19,23,28,32-33H2,1-8H3. The Kier molecular flexibility index (Phi) is 17.4. The third kappa shape index (κ3) is 13.4. The van der Waals surface area contributed by atoms with Crippen LogP contribution in [0.1, 0.15) is 146 Å². The van der Waals surface area contributed by atoms with Gasteiger partial charge in [0.1, 0.15) is 24.1 Å². The molecule has 3 aromatic heterocycles. The molecule has 0 fully saturated rings. The molecule has 0 spiro atoms. The maximum atomic E-state index is 13.9. The van der Waals surface area contributed by atoms with Gasteiger partial charge in [0.15, 0.2) is 0 Å². The van der Waals surface area contributed by atoms with E-state index in [-0.39, 0.29) is 30.3 Å². The van der Waals surface area contributed by atoms with Crippen molar-refractivity contribution in [3.8, 4) is 5.75 Å². The number of benzene rings is 1. The highest BCUT2D eigenvalue weighted by atomic mass is 16.6. The Balaban J connectivity index is 1.47. The summed E-state index contributed by atoms with van der Waals surface area (Å²) in [5, 5.41) is 0. The van der Waals surface area contributed by atoms with Gasteiger partial charge in [-0.2, -0.15) is 0 Å². The summed E-state index contributed by atoms with van der Waals surface area (Å²) in [4.78, 5) is 53.2. The molecule has 4 aromatic rings. The molecule has 6 atom stereocenters. The Bertz CT molecular complexity index is 2010. The van der Waals surface area contributed by atoms with Crippen molar-refractivity contribution >= 4 is 17.9 Å². The first kappa shape index (κ1) is 46.9. The molecule has 0 N–H and O–H groups in total. The van der Waals surface area contributed by atoms with E-state index < -0.39 is 35.5 Å². The molecule has 0 saturated carbocycles. The Morgan fingerprint density at radius 2 is 1.21 bits per heavy atom. The molecule has 0 bridgehead atoms. The Hall–Kier alpha value is -5.12. The predicted octanol–water partition coefficient (Wildman–Crippen LogP) is 11.1. The lowest BCUT2D eigenvalue weighted by Gasteiger charge is -2.48. The first-order chi connectivity index (χ1) is 29.3. The van der Waals surface area contributed by atoms with Gasteiger partial charge < -0.3 is 18.9 Å². The topological polar surface area (TPSA) is 127 Å². The molecular weight excluding hydrogens is 767 g/mol. The average molecular weight is 834 g/mol. The number of ether oxygens (including phenoxy) is 4. The molecule has 1 aliphatic heterocycles. The van der Waals surface area contributed by atoms with Crippen LogP contribution in [-0.4, -0.2) is 57.8 Å². The van der Waals surface area contributed by atoms with Crippen molar-refractivity contribution < 1.29 is 33.3 Å². The van der Waals surface area contributed by atoms with Gasteiger partial charge in [0.05, 0.1) is 23.3 Å². The molecule has 1 aromatic carbocycles. The second-order valence-corrected chi connectivity index (χ2v) is 18.1. The minimum absolute atomic E-state index is 0.141. The molecule has 4 heterocycles. The van der Waals surface area contributed by atoms with E-state index in [4.69, 9.17) is 18.9 Å². The maximum Gasteiger partial charge on any atom is 0.340 e. The predicted molar refractivity (Wildman–Crippen MR) is 238 cm³/mol. The van der Waals surface area contributed by atoms with Crippen LogP contribution in [-0.2, 0) is 20.6 Å². The summed E-state index contributed by atoms with van der Waals surface area (Å²) in [7, 11) is 0. The van der Waals surface area contributed by atoms with Crippen molar-refractivity contribution in [3.05, 3.63) is 119 Å². The minimum Gasteiger partial charge on any atom is -0.487 e. The largest absolute Gasteiger partial charge is 0.487 e. The summed E-state index contributed by atoms with van der Waals surface area (Å²) >= 11 is 0. The normalized spacial score (nSPS) is 18.0. The Morgan fingerprint density at radius 1 is 0.705 bits per heavy atom. The molecule has 10 heteroatoms. The van der Waals surface area contributed by atoms with Gasteiger partial charge >= 0.3 is 17.9 Å². The average Bonchev–Trinajstić information content (AvgIpc) is 3.25. The smallest absolute Gasteiger partial charge is 0.340 e. The summed E-state index contributed by atoms with van der Waals surface area (Å²) < 4.78 is 25.6. The molecule has 5 rings (SSSR count). The molecule has 0 aliphatic carbocycles. The number of nitrogens with zero attached hydrogens (tertiary/aromatic N) is 3. The fourth-order valence-corrected chi connectivity index (χ4v) is 8.74. The van der Waals surface area contributed by atoms with Crippen molar-refractivity contribution in [2.75, 3.05) is 13.2 Å². The highest BCUT2D eigenvalue weighted by molar-refractivity contribution is 5.90. The van der Waals surface area contributed by atoms with Crippen LogP contribution >= 0.6 is 0 Å². The molecule has 10 nitrogen and oxygen atoms in total. The fraction of sp³-hybridized carbons (Fsp3) is 0.529. The van der Waals surface area contributed by atoms with Crippen LogP contribution in [0.3, 0.4) is 0 Å². The summed E-state index contributed by atoms with van der Waals surface area (Å²) in [5.74, 6) is 0.102. The number of aromatic nitrogens is 3. The molecule has 6 unspecified atom stereocenters. The van der Waals surface area contributed by atoms with Crippen LogP contribution in [0.15, 0.2) is 79.6 Å². The molecule has 1 aliphatic rings. The minimum atomic E-state index is -1.04. The van der Waals surface area contributed by atoms with E-state index in [0.29, 0.717) is 24.3 Å². The lowest BCUT2D eigenvalue weighted by atomic mass is 9.68. The van der Waals surface area contributed by atoms with E-state index in [2.05, 4.69) is 76.4 Å². The number of rotatable bonds is 22. The fourth-order valence-electron chi connectivity index (χ4n) is 8.74. The van der Waals surface area contributed by atoms with Crippen molar-refractivity contribution in [2.45, 2.75) is 131 Å². The third-order valence-corrected chi connectivity index (χ3v) is 12.6. The van der Waals surface area contributed by atoms with E-state index in [9.17, 15) is 14.4 Å². The monoisotopic (exact) mass is 833 g/mol. The number of esters is 3. The Labute approximate surface area is 363 Å². The number of aryl methyl sites for hydroxylation is 2. The molecule has 0 radical (unpaired) electrons. The summed E-state index contributed by atoms with van der Waals surface area (Å²) in [5.41, 5.74) is 4.41. The molecule has 0 saturated heterocycles. The van der Waals surface area contributed by atoms with Crippen LogP contribution < -0.4 is 4.74 Å². The number of hydrogen-bond acceptors (Lipinski definition) is 10. The zero-order chi connectivity index (χ0) is 43.9. The van der Waals surface area contributed by atoms with Crippen LogP contribution in [0.25, 0.3) is 0 Å². The van der Waals surface area contributed by atoms with Gasteiger partial charge in [-0.15, -0.1) is 0 Å². The number of pyridine rings is 3. The van der Waals surface area contributed by atoms with E-state index >= 15 is 0 Å². The molecule has 61 heavy (non-hydrogen) atoms. The van der Waals surface area contributed by atoms with Crippen LogP contribution in [0.4, 0.5) is 0 Å². The zero-order valence-corrected chi connectivity index (χ0v) is 37.7. The van der Waals surface area contributed by atoms with Crippen LogP contribution in [0.5, 0.6) is 5.75 Å². The molecule has 328 valence electrons. The quantitative estimate of drug-likeness (QED) is 0.0558. The van der Waals surface area contributed by atoms with E-state index in [1.54, 1.807) is 55.0 Å². The van der Waals surface area contributed by atoms with Gasteiger partial charge in [-0.1, -0.05) is 78.7 Å². The lowest BCUT2D eigenvalue weighted by molar-refractivity contribution is -0.0941. The number of carbonyl (C=O) groups excluding carboxylic acids is 3. The summed E-state index contributed by atoms with van der Waals surface area (Å²) in [6.45, 7) is 17.3. The van der Waals surface area contributed by atoms with Gasteiger partial charge in [0.25, 0.3) is 0 Å². The van der Waals surface area contributed by atoms with Crippen molar-refractivity contribution in [1.29, 1.82) is 0 Å². The van der Waals surface area contributed by atoms with E-state index in [0.717, 1.165) is 52.7 Å². The first-order valence-electron chi connectivity index (χ1n) is 22.3. The van der Waals surface area contributed by atoms with Crippen molar-refractivity contribution in [3.63, 3.8) is 0 Å². The highest BCUT2D eigenvalue weighted by Gasteiger charge is 2.49.